The van der Waals surface area contributed by atoms with E-state index in [-0.39, 0.29) is 29.6 Å². The lowest BCUT2D eigenvalue weighted by Crippen LogP contribution is -2.48. The molecule has 1 atom stereocenters. The van der Waals surface area contributed by atoms with Crippen molar-refractivity contribution in [3.05, 3.63) is 35.6 Å². The van der Waals surface area contributed by atoms with Gasteiger partial charge in [0.25, 0.3) is 0 Å². The summed E-state index contributed by atoms with van der Waals surface area (Å²) >= 11 is 0. The fourth-order valence-electron chi connectivity index (χ4n) is 3.13. The van der Waals surface area contributed by atoms with E-state index < -0.39 is 0 Å². The second-order valence-electron chi connectivity index (χ2n) is 7.29. The zero-order chi connectivity index (χ0) is 18.6. The van der Waals surface area contributed by atoms with Crippen molar-refractivity contribution in [2.75, 3.05) is 33.7 Å². The van der Waals surface area contributed by atoms with Gasteiger partial charge in [0.2, 0.25) is 11.8 Å². The highest BCUT2D eigenvalue weighted by Gasteiger charge is 2.33. The SMILES string of the molecule is CC(C)[C@H]1CN(C(=O)CN(C)C)CCC(=O)N1Cc1ccc(F)cc1. The normalized spacial score (nSPS) is 18.8. The van der Waals surface area contributed by atoms with Crippen LogP contribution >= 0.6 is 0 Å². The Labute approximate surface area is 149 Å². The standard InChI is InChI=1S/C19H28FN3O2/c1-14(2)17-12-22(19(25)13-21(3)4)10-9-18(24)23(17)11-15-5-7-16(20)8-6-15/h5-8,14,17H,9-13H2,1-4H3/t17-/m1/s1. The van der Waals surface area contributed by atoms with Crippen molar-refractivity contribution in [3.8, 4) is 0 Å². The predicted octanol–water partition coefficient (Wildman–Crippen LogP) is 1.97. The largest absolute Gasteiger partial charge is 0.339 e. The van der Waals surface area contributed by atoms with Crippen molar-refractivity contribution in [2.45, 2.75) is 32.9 Å². The average Bonchev–Trinajstić information content (AvgIpc) is 2.69. The van der Waals surface area contributed by atoms with E-state index in [1.165, 1.54) is 12.1 Å². The summed E-state index contributed by atoms with van der Waals surface area (Å²) in [5.41, 5.74) is 0.897. The van der Waals surface area contributed by atoms with Crippen LogP contribution in [0.5, 0.6) is 0 Å². The molecule has 2 amide bonds. The number of amides is 2. The molecule has 0 saturated carbocycles. The van der Waals surface area contributed by atoms with E-state index >= 15 is 0 Å². The maximum Gasteiger partial charge on any atom is 0.236 e. The summed E-state index contributed by atoms with van der Waals surface area (Å²) in [7, 11) is 3.73. The number of halogens is 1. The number of carbonyl (C=O) groups is 2. The van der Waals surface area contributed by atoms with E-state index in [0.29, 0.717) is 32.6 Å². The molecule has 1 aromatic carbocycles. The summed E-state index contributed by atoms with van der Waals surface area (Å²) in [6.07, 6.45) is 0.323. The molecule has 0 aliphatic carbocycles. The van der Waals surface area contributed by atoms with Crippen LogP contribution in [0.1, 0.15) is 25.8 Å². The molecule has 0 aromatic heterocycles. The zero-order valence-electron chi connectivity index (χ0n) is 15.5. The molecule has 0 spiro atoms. The number of rotatable bonds is 5. The quantitative estimate of drug-likeness (QED) is 0.816. The fourth-order valence-corrected chi connectivity index (χ4v) is 3.13. The Hall–Kier alpha value is -1.95. The fraction of sp³-hybridized carbons (Fsp3) is 0.579. The van der Waals surface area contributed by atoms with Crippen LogP contribution in [0.15, 0.2) is 24.3 Å². The van der Waals surface area contributed by atoms with Crippen molar-refractivity contribution in [2.24, 2.45) is 5.92 Å². The number of hydrogen-bond acceptors (Lipinski definition) is 3. The highest BCUT2D eigenvalue weighted by Crippen LogP contribution is 2.21. The third-order valence-electron chi connectivity index (χ3n) is 4.56. The first-order valence-electron chi connectivity index (χ1n) is 8.74. The number of hydrogen-bond donors (Lipinski definition) is 0. The number of nitrogens with zero attached hydrogens (tertiary/aromatic N) is 3. The third kappa shape index (κ3) is 5.26. The maximum absolute atomic E-state index is 13.1. The highest BCUT2D eigenvalue weighted by atomic mass is 19.1. The molecule has 5 nitrogen and oxygen atoms in total. The van der Waals surface area contributed by atoms with Gasteiger partial charge in [-0.2, -0.15) is 0 Å². The second kappa shape index (κ2) is 8.43. The summed E-state index contributed by atoms with van der Waals surface area (Å²) in [6, 6.07) is 6.19. The molecule has 0 N–H and O–H groups in total. The number of likely N-dealkylation sites (N-methyl/N-ethyl adjacent to an activating group) is 1. The van der Waals surface area contributed by atoms with Crippen molar-refractivity contribution in [1.82, 2.24) is 14.7 Å². The molecule has 0 radical (unpaired) electrons. The first kappa shape index (κ1) is 19.4. The smallest absolute Gasteiger partial charge is 0.236 e. The number of benzene rings is 1. The first-order valence-corrected chi connectivity index (χ1v) is 8.74. The van der Waals surface area contributed by atoms with E-state index in [1.807, 2.05) is 23.9 Å². The van der Waals surface area contributed by atoms with E-state index in [2.05, 4.69) is 13.8 Å². The van der Waals surface area contributed by atoms with Gasteiger partial charge in [-0.1, -0.05) is 26.0 Å². The minimum atomic E-state index is -0.285. The van der Waals surface area contributed by atoms with Crippen LogP contribution in [0.25, 0.3) is 0 Å². The Balaban J connectivity index is 2.18. The molecule has 138 valence electrons. The van der Waals surface area contributed by atoms with E-state index in [4.69, 9.17) is 0 Å². The third-order valence-corrected chi connectivity index (χ3v) is 4.56. The molecule has 1 aromatic rings. The molecule has 1 aliphatic heterocycles. The molecule has 1 aliphatic rings. The van der Waals surface area contributed by atoms with Crippen LogP contribution < -0.4 is 0 Å². The van der Waals surface area contributed by atoms with Gasteiger partial charge in [-0.15, -0.1) is 0 Å². The molecular formula is C19H28FN3O2. The van der Waals surface area contributed by atoms with Gasteiger partial charge < -0.3 is 14.7 Å². The zero-order valence-corrected chi connectivity index (χ0v) is 15.5. The van der Waals surface area contributed by atoms with Gasteiger partial charge in [-0.25, -0.2) is 4.39 Å². The summed E-state index contributed by atoms with van der Waals surface area (Å²) in [4.78, 5) is 30.6. The Morgan fingerprint density at radius 2 is 1.92 bits per heavy atom. The summed E-state index contributed by atoms with van der Waals surface area (Å²) in [5, 5.41) is 0. The Kier molecular flexibility index (Phi) is 6.53. The van der Waals surface area contributed by atoms with Crippen molar-refractivity contribution < 1.29 is 14.0 Å². The molecule has 0 unspecified atom stereocenters. The van der Waals surface area contributed by atoms with Crippen LogP contribution in [0.2, 0.25) is 0 Å². The summed E-state index contributed by atoms with van der Waals surface area (Å²) in [6.45, 7) is 5.91. The lowest BCUT2D eigenvalue weighted by molar-refractivity contribution is -0.134. The average molecular weight is 349 g/mol. The van der Waals surface area contributed by atoms with Gasteiger partial charge in [-0.05, 0) is 37.7 Å². The monoisotopic (exact) mass is 349 g/mol. The molecule has 1 fully saturated rings. The summed E-state index contributed by atoms with van der Waals surface area (Å²) < 4.78 is 13.1. The van der Waals surface area contributed by atoms with Gasteiger partial charge in [0, 0.05) is 26.1 Å². The van der Waals surface area contributed by atoms with Crippen LogP contribution in [0.4, 0.5) is 4.39 Å². The molecule has 2 rings (SSSR count). The lowest BCUT2D eigenvalue weighted by atomic mass is 10.0. The van der Waals surface area contributed by atoms with Crippen molar-refractivity contribution in [1.29, 1.82) is 0 Å². The van der Waals surface area contributed by atoms with Crippen molar-refractivity contribution >= 4 is 11.8 Å². The van der Waals surface area contributed by atoms with Gasteiger partial charge in [0.05, 0.1) is 12.6 Å². The van der Waals surface area contributed by atoms with Gasteiger partial charge in [0.1, 0.15) is 5.82 Å². The molecule has 25 heavy (non-hydrogen) atoms. The topological polar surface area (TPSA) is 43.9 Å². The predicted molar refractivity (Wildman–Crippen MR) is 95.3 cm³/mol. The first-order chi connectivity index (χ1) is 11.8. The van der Waals surface area contributed by atoms with Crippen LogP contribution in [0, 0.1) is 11.7 Å². The lowest BCUT2D eigenvalue weighted by Gasteiger charge is -2.35. The molecule has 1 saturated heterocycles. The van der Waals surface area contributed by atoms with E-state index in [0.717, 1.165) is 5.56 Å². The molecule has 0 bridgehead atoms. The van der Waals surface area contributed by atoms with Gasteiger partial charge in [-0.3, -0.25) is 9.59 Å². The van der Waals surface area contributed by atoms with Crippen LogP contribution in [0.3, 0.4) is 0 Å². The van der Waals surface area contributed by atoms with E-state index in [9.17, 15) is 14.0 Å². The van der Waals surface area contributed by atoms with E-state index in [1.54, 1.807) is 17.0 Å². The molecule has 1 heterocycles. The summed E-state index contributed by atoms with van der Waals surface area (Å²) in [5.74, 6) is 0.0271. The number of carbonyl (C=O) groups excluding carboxylic acids is 2. The minimum Gasteiger partial charge on any atom is -0.339 e. The van der Waals surface area contributed by atoms with Gasteiger partial charge >= 0.3 is 0 Å². The maximum atomic E-state index is 13.1. The minimum absolute atomic E-state index is 0.0446. The van der Waals surface area contributed by atoms with Crippen LogP contribution in [-0.4, -0.2) is 66.3 Å². The Morgan fingerprint density at radius 3 is 2.48 bits per heavy atom. The van der Waals surface area contributed by atoms with Crippen molar-refractivity contribution in [3.63, 3.8) is 0 Å². The molecule has 6 heteroatoms. The Morgan fingerprint density at radius 1 is 1.28 bits per heavy atom. The second-order valence-corrected chi connectivity index (χ2v) is 7.29. The Bertz CT molecular complexity index is 601. The highest BCUT2D eigenvalue weighted by molar-refractivity contribution is 5.81. The van der Waals surface area contributed by atoms with Crippen LogP contribution in [-0.2, 0) is 16.1 Å². The van der Waals surface area contributed by atoms with Gasteiger partial charge in [0.15, 0.2) is 0 Å². The molecular weight excluding hydrogens is 321 g/mol.